The van der Waals surface area contributed by atoms with Gasteiger partial charge in [0, 0.05) is 28.4 Å². The topological polar surface area (TPSA) is 68.6 Å². The molecular formula is C9H12N2O3S. The highest BCUT2D eigenvalue weighted by Crippen LogP contribution is 2.14. The van der Waals surface area contributed by atoms with Gasteiger partial charge in [0.15, 0.2) is 0 Å². The van der Waals surface area contributed by atoms with Crippen LogP contribution in [-0.2, 0) is 14.5 Å². The van der Waals surface area contributed by atoms with Crippen molar-refractivity contribution >= 4 is 21.4 Å². The van der Waals surface area contributed by atoms with Crippen LogP contribution in [0.3, 0.4) is 0 Å². The monoisotopic (exact) mass is 228 g/mol. The summed E-state index contributed by atoms with van der Waals surface area (Å²) in [6.07, 6.45) is 5.84. The molecule has 0 unspecified atom stereocenters. The molecule has 0 aromatic carbocycles. The molecule has 1 aromatic rings. The van der Waals surface area contributed by atoms with E-state index in [1.54, 1.807) is 0 Å². The van der Waals surface area contributed by atoms with Gasteiger partial charge in [-0.3, -0.25) is 4.98 Å². The van der Waals surface area contributed by atoms with Crippen molar-refractivity contribution in [3.8, 4) is 0 Å². The van der Waals surface area contributed by atoms with Crippen LogP contribution in [0.2, 0.25) is 0 Å². The molecule has 0 fully saturated rings. The van der Waals surface area contributed by atoms with Gasteiger partial charge in [-0.1, -0.05) is 0 Å². The zero-order chi connectivity index (χ0) is 11.5. The Balaban J connectivity index is 3.15. The lowest BCUT2D eigenvalue weighted by molar-refractivity contribution is 0.0600. The maximum atomic E-state index is 11.4. The molecule has 1 heterocycles. The van der Waals surface area contributed by atoms with Gasteiger partial charge in [0.05, 0.1) is 24.6 Å². The zero-order valence-electron chi connectivity index (χ0n) is 8.76. The average molecular weight is 228 g/mol. The van der Waals surface area contributed by atoms with Crippen LogP contribution in [-0.4, -0.2) is 34.8 Å². The number of pyridine rings is 1. The Morgan fingerprint density at radius 1 is 1.47 bits per heavy atom. The molecule has 1 rings (SSSR count). The normalized spacial score (nSPS) is 10.9. The summed E-state index contributed by atoms with van der Waals surface area (Å²) in [7, 11) is -0.957. The summed E-state index contributed by atoms with van der Waals surface area (Å²) in [4.78, 5) is 15.0. The quantitative estimate of drug-likeness (QED) is 0.714. The van der Waals surface area contributed by atoms with E-state index in [0.29, 0.717) is 11.3 Å². The van der Waals surface area contributed by atoms with E-state index in [1.165, 1.54) is 38.1 Å². The van der Waals surface area contributed by atoms with E-state index in [2.05, 4.69) is 14.1 Å². The van der Waals surface area contributed by atoms with E-state index in [1.807, 2.05) is 0 Å². The minimum absolute atomic E-state index is 0.294. The van der Waals surface area contributed by atoms with Crippen LogP contribution in [0.15, 0.2) is 22.8 Å². The molecule has 0 spiro atoms. The third-order valence-corrected chi connectivity index (χ3v) is 2.12. The largest absolute Gasteiger partial charge is 0.465 e. The second-order valence-corrected chi connectivity index (χ2v) is 5.74. The van der Waals surface area contributed by atoms with E-state index >= 15 is 0 Å². The van der Waals surface area contributed by atoms with E-state index in [0.717, 1.165) is 0 Å². The molecule has 0 aliphatic heterocycles. The average Bonchev–Trinajstić information content (AvgIpc) is 2.14. The van der Waals surface area contributed by atoms with Gasteiger partial charge in [0.1, 0.15) is 0 Å². The summed E-state index contributed by atoms with van der Waals surface area (Å²) < 4.78 is 19.9. The van der Waals surface area contributed by atoms with Crippen LogP contribution in [0.1, 0.15) is 10.4 Å². The molecule has 0 N–H and O–H groups in total. The molecule has 15 heavy (non-hydrogen) atoms. The molecule has 0 saturated heterocycles. The Morgan fingerprint density at radius 3 is 2.67 bits per heavy atom. The molecule has 0 amide bonds. The lowest BCUT2D eigenvalue weighted by atomic mass is 10.3. The van der Waals surface area contributed by atoms with E-state index in [4.69, 9.17) is 0 Å². The molecule has 0 bridgehead atoms. The fraction of sp³-hybridized carbons (Fsp3) is 0.333. The lowest BCUT2D eigenvalue weighted by Gasteiger charge is -2.00. The molecule has 1 aromatic heterocycles. The van der Waals surface area contributed by atoms with Crippen molar-refractivity contribution in [2.24, 2.45) is 4.36 Å². The molecule has 0 aliphatic rings. The Hall–Kier alpha value is -1.43. The van der Waals surface area contributed by atoms with Crippen LogP contribution in [0.5, 0.6) is 0 Å². The third-order valence-electron chi connectivity index (χ3n) is 1.47. The van der Waals surface area contributed by atoms with Crippen LogP contribution in [0.4, 0.5) is 5.69 Å². The smallest absolute Gasteiger partial charge is 0.339 e. The molecule has 0 aliphatic carbocycles. The standard InChI is InChI=1S/C9H12N2O3S/c1-14-9(12)7-4-8(6-10-5-7)11-15(2,3)13/h4-6H,1-3H3. The van der Waals surface area contributed by atoms with Crippen molar-refractivity contribution in [1.82, 2.24) is 4.98 Å². The Labute approximate surface area is 88.7 Å². The molecule has 82 valence electrons. The van der Waals surface area contributed by atoms with Gasteiger partial charge in [-0.05, 0) is 6.07 Å². The van der Waals surface area contributed by atoms with Gasteiger partial charge >= 0.3 is 5.97 Å². The summed E-state index contributed by atoms with van der Waals surface area (Å²) in [6, 6.07) is 1.49. The number of carbonyl (C=O) groups is 1. The predicted octanol–water partition coefficient (Wildman–Crippen LogP) is 1.23. The van der Waals surface area contributed by atoms with Gasteiger partial charge in [-0.2, -0.15) is 4.36 Å². The highest BCUT2D eigenvalue weighted by atomic mass is 32.2. The van der Waals surface area contributed by atoms with Crippen LogP contribution < -0.4 is 0 Å². The summed E-state index contributed by atoms with van der Waals surface area (Å²) in [5.74, 6) is -0.488. The van der Waals surface area contributed by atoms with Crippen molar-refractivity contribution in [2.45, 2.75) is 0 Å². The molecule has 0 saturated carbocycles. The minimum atomic E-state index is -2.24. The molecule has 0 radical (unpaired) electrons. The van der Waals surface area contributed by atoms with E-state index in [9.17, 15) is 9.00 Å². The first-order valence-corrected chi connectivity index (χ1v) is 6.46. The van der Waals surface area contributed by atoms with Crippen LogP contribution in [0.25, 0.3) is 0 Å². The van der Waals surface area contributed by atoms with Gasteiger partial charge in [0.2, 0.25) is 0 Å². The van der Waals surface area contributed by atoms with Crippen molar-refractivity contribution in [3.05, 3.63) is 24.0 Å². The molecule has 0 atom stereocenters. The number of methoxy groups -OCH3 is 1. The van der Waals surface area contributed by atoms with Crippen LogP contribution in [0, 0.1) is 0 Å². The van der Waals surface area contributed by atoms with E-state index in [-0.39, 0.29) is 0 Å². The number of ether oxygens (including phenoxy) is 1. The van der Waals surface area contributed by atoms with E-state index < -0.39 is 15.7 Å². The lowest BCUT2D eigenvalue weighted by Crippen LogP contribution is -2.01. The fourth-order valence-corrected chi connectivity index (χ4v) is 1.57. The number of carbonyl (C=O) groups excluding carboxylic acids is 1. The fourth-order valence-electron chi connectivity index (χ4n) is 0.961. The first kappa shape index (κ1) is 11.6. The summed E-state index contributed by atoms with van der Waals surface area (Å²) in [5, 5.41) is 0. The summed E-state index contributed by atoms with van der Waals surface area (Å²) >= 11 is 0. The first-order valence-electron chi connectivity index (χ1n) is 4.13. The Kier molecular flexibility index (Phi) is 3.41. The summed E-state index contributed by atoms with van der Waals surface area (Å²) in [5.41, 5.74) is 0.704. The van der Waals surface area contributed by atoms with Gasteiger partial charge in [-0.15, -0.1) is 0 Å². The highest BCUT2D eigenvalue weighted by Gasteiger charge is 2.06. The van der Waals surface area contributed by atoms with Crippen molar-refractivity contribution in [1.29, 1.82) is 0 Å². The van der Waals surface area contributed by atoms with Crippen molar-refractivity contribution in [3.63, 3.8) is 0 Å². The second kappa shape index (κ2) is 4.39. The molecule has 6 heteroatoms. The summed E-state index contributed by atoms with van der Waals surface area (Å²) in [6.45, 7) is 0. The third kappa shape index (κ3) is 3.67. The zero-order valence-corrected chi connectivity index (χ0v) is 9.58. The molecule has 5 nitrogen and oxygen atoms in total. The predicted molar refractivity (Wildman–Crippen MR) is 57.7 cm³/mol. The first-order chi connectivity index (χ1) is 6.92. The maximum Gasteiger partial charge on any atom is 0.339 e. The maximum absolute atomic E-state index is 11.4. The van der Waals surface area contributed by atoms with Crippen LogP contribution >= 0.6 is 0 Å². The van der Waals surface area contributed by atoms with Crippen molar-refractivity contribution < 1.29 is 13.7 Å². The highest BCUT2D eigenvalue weighted by molar-refractivity contribution is 7.92. The van der Waals surface area contributed by atoms with Gasteiger partial charge in [-0.25, -0.2) is 9.00 Å². The number of hydrogen-bond acceptors (Lipinski definition) is 5. The SMILES string of the molecule is COC(=O)c1cncc(N=S(C)(C)=O)c1. The number of hydrogen-bond donors (Lipinski definition) is 0. The number of aromatic nitrogens is 1. The van der Waals surface area contributed by atoms with Gasteiger partial charge in [0.25, 0.3) is 0 Å². The minimum Gasteiger partial charge on any atom is -0.465 e. The Morgan fingerprint density at radius 2 is 2.13 bits per heavy atom. The number of rotatable bonds is 2. The number of esters is 1. The molecular weight excluding hydrogens is 216 g/mol. The van der Waals surface area contributed by atoms with Crippen molar-refractivity contribution in [2.75, 3.05) is 19.6 Å². The Bertz CT molecular complexity index is 482. The van der Waals surface area contributed by atoms with Gasteiger partial charge < -0.3 is 4.74 Å². The second-order valence-electron chi connectivity index (χ2n) is 3.20. The number of nitrogens with zero attached hydrogens (tertiary/aromatic N) is 2.